The molecule has 0 amide bonds. The van der Waals surface area contributed by atoms with Gasteiger partial charge in [-0.3, -0.25) is 0 Å². The summed E-state index contributed by atoms with van der Waals surface area (Å²) in [6.07, 6.45) is 0. The summed E-state index contributed by atoms with van der Waals surface area (Å²) < 4.78 is 0. The molecule has 0 heterocycles. The Balaban J connectivity index is 3.14. The molecule has 0 aromatic heterocycles. The minimum atomic E-state index is 0.0293. The molecule has 0 spiro atoms. The van der Waals surface area contributed by atoms with Crippen molar-refractivity contribution in [2.24, 2.45) is 5.92 Å². The van der Waals surface area contributed by atoms with Crippen LogP contribution in [-0.2, 0) is 0 Å². The van der Waals surface area contributed by atoms with Gasteiger partial charge in [0, 0.05) is 11.3 Å². The van der Waals surface area contributed by atoms with Crippen molar-refractivity contribution in [3.8, 4) is 0 Å². The van der Waals surface area contributed by atoms with Gasteiger partial charge in [-0.1, -0.05) is 6.92 Å². The van der Waals surface area contributed by atoms with Crippen molar-refractivity contribution >= 4 is 23.2 Å². The molecule has 0 saturated carbocycles. The molecular formula is C5H9Cl2. The molecular weight excluding hydrogens is 131 g/mol. The Kier molecular flexibility index (Phi) is 3.86. The van der Waals surface area contributed by atoms with E-state index in [9.17, 15) is 0 Å². The molecule has 0 aliphatic heterocycles. The zero-order valence-corrected chi connectivity index (χ0v) is 5.84. The van der Waals surface area contributed by atoms with E-state index in [1.807, 2.05) is 6.92 Å². The molecule has 7 heavy (non-hydrogen) atoms. The molecule has 0 aliphatic rings. The minimum Gasteiger partial charge on any atom is -0.125 e. The quantitative estimate of drug-likeness (QED) is 0.516. The van der Waals surface area contributed by atoms with Crippen LogP contribution in [0, 0.1) is 12.8 Å². The second kappa shape index (κ2) is 3.57. The molecule has 0 N–H and O–H groups in total. The highest BCUT2D eigenvalue weighted by Gasteiger charge is 2.05. The third kappa shape index (κ3) is 3.19. The fraction of sp³-hybridized carbons (Fsp3) is 0.800. The van der Waals surface area contributed by atoms with Crippen LogP contribution >= 0.6 is 23.2 Å². The predicted molar refractivity (Wildman–Crippen MR) is 34.9 cm³/mol. The molecule has 2 unspecified atom stereocenters. The van der Waals surface area contributed by atoms with Crippen LogP contribution in [0.15, 0.2) is 0 Å². The van der Waals surface area contributed by atoms with E-state index in [1.54, 1.807) is 0 Å². The van der Waals surface area contributed by atoms with Crippen molar-refractivity contribution in [2.45, 2.75) is 12.3 Å². The first-order chi connectivity index (χ1) is 3.18. The zero-order chi connectivity index (χ0) is 5.86. The summed E-state index contributed by atoms with van der Waals surface area (Å²) in [4.78, 5) is 0. The lowest BCUT2D eigenvalue weighted by Crippen LogP contribution is -2.08. The average molecular weight is 140 g/mol. The van der Waals surface area contributed by atoms with Crippen LogP contribution in [0.3, 0.4) is 0 Å². The molecule has 0 aliphatic carbocycles. The average Bonchev–Trinajstić information content (AvgIpc) is 1.65. The van der Waals surface area contributed by atoms with Crippen LogP contribution in [-0.4, -0.2) is 11.3 Å². The molecule has 2 heteroatoms. The monoisotopic (exact) mass is 139 g/mol. The number of alkyl halides is 2. The van der Waals surface area contributed by atoms with Crippen LogP contribution in [0.5, 0.6) is 0 Å². The summed E-state index contributed by atoms with van der Waals surface area (Å²) in [5, 5.41) is 0.0293. The summed E-state index contributed by atoms with van der Waals surface area (Å²) in [5.74, 6) is 0.742. The fourth-order valence-electron chi connectivity index (χ4n) is 0.152. The van der Waals surface area contributed by atoms with Crippen LogP contribution in [0.2, 0.25) is 0 Å². The second-order valence-corrected chi connectivity index (χ2v) is 2.52. The Morgan fingerprint density at radius 3 is 2.14 bits per heavy atom. The second-order valence-electron chi connectivity index (χ2n) is 1.65. The number of hydrogen-bond donors (Lipinski definition) is 0. The van der Waals surface area contributed by atoms with Gasteiger partial charge >= 0.3 is 0 Å². The summed E-state index contributed by atoms with van der Waals surface area (Å²) >= 11 is 11.0. The van der Waals surface area contributed by atoms with E-state index in [2.05, 4.69) is 6.92 Å². The van der Waals surface area contributed by atoms with Gasteiger partial charge in [-0.2, -0.15) is 0 Å². The van der Waals surface area contributed by atoms with Gasteiger partial charge in [0.1, 0.15) is 0 Å². The van der Waals surface area contributed by atoms with Gasteiger partial charge in [-0.15, -0.1) is 23.2 Å². The highest BCUT2D eigenvalue weighted by atomic mass is 35.5. The van der Waals surface area contributed by atoms with Gasteiger partial charge in [-0.25, -0.2) is 0 Å². The summed E-state index contributed by atoms with van der Waals surface area (Å²) in [7, 11) is 0. The summed E-state index contributed by atoms with van der Waals surface area (Å²) in [6, 6.07) is 0. The van der Waals surface area contributed by atoms with Gasteiger partial charge in [0.15, 0.2) is 0 Å². The smallest absolute Gasteiger partial charge is 0.0497 e. The van der Waals surface area contributed by atoms with Crippen molar-refractivity contribution in [1.82, 2.24) is 0 Å². The summed E-state index contributed by atoms with van der Waals surface area (Å²) in [6.45, 7) is 5.64. The Morgan fingerprint density at radius 1 is 1.71 bits per heavy atom. The zero-order valence-electron chi connectivity index (χ0n) is 4.32. The van der Waals surface area contributed by atoms with Crippen molar-refractivity contribution in [2.75, 3.05) is 5.88 Å². The van der Waals surface area contributed by atoms with Gasteiger partial charge in [0.25, 0.3) is 0 Å². The molecule has 0 bridgehead atoms. The van der Waals surface area contributed by atoms with E-state index in [0.717, 1.165) is 0 Å². The lowest BCUT2D eigenvalue weighted by atomic mass is 10.2. The molecule has 0 aromatic rings. The normalized spacial score (nSPS) is 15.0. The SMILES string of the molecule is [CH2]C(C)C(Cl)CCl. The van der Waals surface area contributed by atoms with E-state index in [1.165, 1.54) is 0 Å². The molecule has 1 radical (unpaired) electrons. The Hall–Kier alpha value is 0.580. The van der Waals surface area contributed by atoms with Crippen LogP contribution in [0.4, 0.5) is 0 Å². The van der Waals surface area contributed by atoms with Gasteiger partial charge < -0.3 is 0 Å². The molecule has 0 rings (SSSR count). The number of hydrogen-bond acceptors (Lipinski definition) is 0. The maximum Gasteiger partial charge on any atom is 0.0497 e. The van der Waals surface area contributed by atoms with E-state index >= 15 is 0 Å². The number of halogens is 2. The minimum absolute atomic E-state index is 0.0293. The summed E-state index contributed by atoms with van der Waals surface area (Å²) in [5.41, 5.74) is 0. The molecule has 2 atom stereocenters. The largest absolute Gasteiger partial charge is 0.125 e. The third-order valence-corrected chi connectivity index (χ3v) is 1.84. The topological polar surface area (TPSA) is 0 Å². The highest BCUT2D eigenvalue weighted by molar-refractivity contribution is 6.28. The van der Waals surface area contributed by atoms with Gasteiger partial charge in [0.05, 0.1) is 0 Å². The first-order valence-corrected chi connectivity index (χ1v) is 3.18. The van der Waals surface area contributed by atoms with E-state index < -0.39 is 0 Å². The Bertz CT molecular complexity index is 43.3. The van der Waals surface area contributed by atoms with E-state index in [0.29, 0.717) is 5.88 Å². The highest BCUT2D eigenvalue weighted by Crippen LogP contribution is 2.09. The van der Waals surface area contributed by atoms with E-state index in [-0.39, 0.29) is 11.3 Å². The lowest BCUT2D eigenvalue weighted by Gasteiger charge is -2.06. The maximum atomic E-state index is 5.61. The van der Waals surface area contributed by atoms with Crippen LogP contribution < -0.4 is 0 Å². The third-order valence-electron chi connectivity index (χ3n) is 0.765. The van der Waals surface area contributed by atoms with Crippen molar-refractivity contribution in [1.29, 1.82) is 0 Å². The van der Waals surface area contributed by atoms with Gasteiger partial charge in [0.2, 0.25) is 0 Å². The van der Waals surface area contributed by atoms with Crippen LogP contribution in [0.1, 0.15) is 6.92 Å². The predicted octanol–water partition coefficient (Wildman–Crippen LogP) is 2.30. The molecule has 0 aromatic carbocycles. The first-order valence-electron chi connectivity index (χ1n) is 2.21. The molecule has 0 nitrogen and oxygen atoms in total. The van der Waals surface area contributed by atoms with Crippen molar-refractivity contribution in [3.05, 3.63) is 6.92 Å². The standard InChI is InChI=1S/C5H9Cl2/c1-4(2)5(7)3-6/h4-5H,1,3H2,2H3. The van der Waals surface area contributed by atoms with Crippen molar-refractivity contribution < 1.29 is 0 Å². The molecule has 43 valence electrons. The maximum absolute atomic E-state index is 5.61. The molecule has 0 saturated heterocycles. The van der Waals surface area contributed by atoms with Crippen molar-refractivity contribution in [3.63, 3.8) is 0 Å². The fourth-order valence-corrected chi connectivity index (χ4v) is 0.456. The van der Waals surface area contributed by atoms with Gasteiger partial charge in [-0.05, 0) is 12.8 Å². The molecule has 0 fully saturated rings. The first kappa shape index (κ1) is 7.58. The lowest BCUT2D eigenvalue weighted by molar-refractivity contribution is 0.708. The Morgan fingerprint density at radius 2 is 2.14 bits per heavy atom. The Labute approximate surface area is 54.8 Å². The van der Waals surface area contributed by atoms with Crippen LogP contribution in [0.25, 0.3) is 0 Å². The van der Waals surface area contributed by atoms with E-state index in [4.69, 9.17) is 23.2 Å². The number of rotatable bonds is 2.